The molecule has 2 heterocycles. The van der Waals surface area contributed by atoms with Gasteiger partial charge in [0.1, 0.15) is 18.1 Å². The Balaban J connectivity index is 1.89. The molecule has 0 atom stereocenters. The maximum absolute atomic E-state index is 5.86. The largest absolute Gasteiger partial charge is 0.475 e. The first-order valence-electron chi connectivity index (χ1n) is 5.88. The van der Waals surface area contributed by atoms with Gasteiger partial charge in [0.15, 0.2) is 0 Å². The molecule has 0 aliphatic heterocycles. The topological polar surface area (TPSA) is 61.5 Å². The summed E-state index contributed by atoms with van der Waals surface area (Å²) in [6.45, 7) is 3.87. The number of unbranched alkanes of at least 4 members (excludes halogenated alkanes) is 1. The van der Waals surface area contributed by atoms with Crippen LogP contribution >= 0.6 is 11.6 Å². The van der Waals surface area contributed by atoms with Crippen LogP contribution < -0.4 is 4.74 Å². The first kappa shape index (κ1) is 13.0. The standard InChI is InChI=1S/C11H15ClN4O2/c1-2-3-4-17-5-6-18-10-7-9(12)15-11-13-8-14-16(10)11/h7-8H,2-6H2,1H3. The smallest absolute Gasteiger partial charge is 0.256 e. The van der Waals surface area contributed by atoms with E-state index in [1.54, 1.807) is 6.07 Å². The molecule has 0 amide bonds. The molecule has 0 aliphatic rings. The van der Waals surface area contributed by atoms with Gasteiger partial charge in [0.25, 0.3) is 5.78 Å². The van der Waals surface area contributed by atoms with Crippen molar-refractivity contribution in [1.29, 1.82) is 0 Å². The van der Waals surface area contributed by atoms with E-state index < -0.39 is 0 Å². The second-order valence-electron chi connectivity index (χ2n) is 3.70. The lowest BCUT2D eigenvalue weighted by atomic mass is 10.4. The van der Waals surface area contributed by atoms with E-state index in [4.69, 9.17) is 21.1 Å². The molecule has 2 aromatic heterocycles. The van der Waals surface area contributed by atoms with Crippen LogP contribution in [0.5, 0.6) is 5.88 Å². The van der Waals surface area contributed by atoms with Crippen molar-refractivity contribution in [2.45, 2.75) is 19.8 Å². The summed E-state index contributed by atoms with van der Waals surface area (Å²) < 4.78 is 12.4. The van der Waals surface area contributed by atoms with Crippen LogP contribution in [0.25, 0.3) is 5.78 Å². The number of aromatic nitrogens is 4. The summed E-state index contributed by atoms with van der Waals surface area (Å²) in [7, 11) is 0. The maximum atomic E-state index is 5.86. The molecule has 6 nitrogen and oxygen atoms in total. The molecule has 0 N–H and O–H groups in total. The lowest BCUT2D eigenvalue weighted by Gasteiger charge is -2.07. The van der Waals surface area contributed by atoms with Gasteiger partial charge in [-0.1, -0.05) is 24.9 Å². The van der Waals surface area contributed by atoms with E-state index in [0.29, 0.717) is 30.0 Å². The zero-order chi connectivity index (χ0) is 12.8. The first-order chi connectivity index (χ1) is 8.81. The first-order valence-corrected chi connectivity index (χ1v) is 6.26. The second kappa shape index (κ2) is 6.51. The highest BCUT2D eigenvalue weighted by Crippen LogP contribution is 2.16. The number of ether oxygens (including phenoxy) is 2. The Bertz CT molecular complexity index is 503. The molecule has 0 aliphatic carbocycles. The number of halogens is 1. The van der Waals surface area contributed by atoms with E-state index >= 15 is 0 Å². The van der Waals surface area contributed by atoms with Gasteiger partial charge in [0.2, 0.25) is 5.88 Å². The summed E-state index contributed by atoms with van der Waals surface area (Å²) >= 11 is 5.86. The monoisotopic (exact) mass is 270 g/mol. The number of nitrogens with zero attached hydrogens (tertiary/aromatic N) is 4. The third kappa shape index (κ3) is 3.30. The van der Waals surface area contributed by atoms with Crippen molar-refractivity contribution in [3.63, 3.8) is 0 Å². The molecule has 2 aromatic rings. The fourth-order valence-electron chi connectivity index (χ4n) is 1.41. The molecule has 0 radical (unpaired) electrons. The van der Waals surface area contributed by atoms with E-state index in [1.807, 2.05) is 0 Å². The Labute approximate surface area is 110 Å². The van der Waals surface area contributed by atoms with E-state index in [9.17, 15) is 0 Å². The summed E-state index contributed by atoms with van der Waals surface area (Å²) in [5, 5.41) is 4.34. The van der Waals surface area contributed by atoms with E-state index in [0.717, 1.165) is 19.4 Å². The Morgan fingerprint density at radius 2 is 2.22 bits per heavy atom. The van der Waals surface area contributed by atoms with Gasteiger partial charge in [-0.05, 0) is 6.42 Å². The summed E-state index contributed by atoms with van der Waals surface area (Å²) in [6.07, 6.45) is 3.60. The van der Waals surface area contributed by atoms with Gasteiger partial charge in [0.05, 0.1) is 6.61 Å². The van der Waals surface area contributed by atoms with E-state index in [-0.39, 0.29) is 0 Å². The van der Waals surface area contributed by atoms with Crippen LogP contribution in [0.2, 0.25) is 5.15 Å². The molecule has 0 fully saturated rings. The van der Waals surface area contributed by atoms with E-state index in [1.165, 1.54) is 10.8 Å². The van der Waals surface area contributed by atoms with Crippen LogP contribution in [0.15, 0.2) is 12.4 Å². The third-order valence-electron chi connectivity index (χ3n) is 2.31. The summed E-state index contributed by atoms with van der Waals surface area (Å²) in [5.74, 6) is 0.936. The fraction of sp³-hybridized carbons (Fsp3) is 0.545. The molecular weight excluding hydrogens is 256 g/mol. The average Bonchev–Trinajstić information content (AvgIpc) is 2.81. The molecule has 7 heteroatoms. The molecule has 0 saturated carbocycles. The molecule has 0 aromatic carbocycles. The normalized spacial score (nSPS) is 11.0. The van der Waals surface area contributed by atoms with Gasteiger partial charge in [-0.3, -0.25) is 0 Å². The van der Waals surface area contributed by atoms with Gasteiger partial charge in [-0.25, -0.2) is 0 Å². The number of fused-ring (bicyclic) bond motifs is 1. The predicted molar refractivity (Wildman–Crippen MR) is 67.0 cm³/mol. The SMILES string of the molecule is CCCCOCCOc1cc(Cl)nc2ncnn12. The highest BCUT2D eigenvalue weighted by molar-refractivity contribution is 6.29. The van der Waals surface area contributed by atoms with Crippen molar-refractivity contribution in [3.05, 3.63) is 17.5 Å². The minimum absolute atomic E-state index is 0.331. The molecular formula is C11H15ClN4O2. The van der Waals surface area contributed by atoms with Crippen molar-refractivity contribution in [2.75, 3.05) is 19.8 Å². The lowest BCUT2D eigenvalue weighted by Crippen LogP contribution is -2.10. The van der Waals surface area contributed by atoms with Crippen molar-refractivity contribution in [3.8, 4) is 5.88 Å². The van der Waals surface area contributed by atoms with Crippen molar-refractivity contribution >= 4 is 17.4 Å². The Hall–Kier alpha value is -1.40. The zero-order valence-electron chi connectivity index (χ0n) is 10.2. The van der Waals surface area contributed by atoms with Gasteiger partial charge in [-0.2, -0.15) is 19.6 Å². The van der Waals surface area contributed by atoms with Crippen LogP contribution in [-0.4, -0.2) is 39.4 Å². The minimum atomic E-state index is 0.331. The quantitative estimate of drug-likeness (QED) is 0.569. The van der Waals surface area contributed by atoms with Crippen molar-refractivity contribution < 1.29 is 9.47 Å². The molecule has 0 bridgehead atoms. The van der Waals surface area contributed by atoms with E-state index in [2.05, 4.69) is 22.0 Å². The Morgan fingerprint density at radius 1 is 1.33 bits per heavy atom. The summed E-state index contributed by atoms with van der Waals surface area (Å²) in [4.78, 5) is 7.96. The van der Waals surface area contributed by atoms with Crippen LogP contribution in [0.3, 0.4) is 0 Å². The van der Waals surface area contributed by atoms with Crippen LogP contribution in [0, 0.1) is 0 Å². The molecule has 18 heavy (non-hydrogen) atoms. The fourth-order valence-corrected chi connectivity index (χ4v) is 1.58. The zero-order valence-corrected chi connectivity index (χ0v) is 10.9. The number of hydrogen-bond acceptors (Lipinski definition) is 5. The molecule has 0 unspecified atom stereocenters. The molecule has 0 spiro atoms. The minimum Gasteiger partial charge on any atom is -0.475 e. The second-order valence-corrected chi connectivity index (χ2v) is 4.09. The summed E-state index contributed by atoms with van der Waals surface area (Å²) in [5.41, 5.74) is 0. The van der Waals surface area contributed by atoms with Crippen molar-refractivity contribution in [2.24, 2.45) is 0 Å². The lowest BCUT2D eigenvalue weighted by molar-refractivity contribution is 0.0956. The predicted octanol–water partition coefficient (Wildman–Crippen LogP) is 1.97. The van der Waals surface area contributed by atoms with Crippen molar-refractivity contribution in [1.82, 2.24) is 19.6 Å². The van der Waals surface area contributed by atoms with Crippen LogP contribution in [0.1, 0.15) is 19.8 Å². The third-order valence-corrected chi connectivity index (χ3v) is 2.50. The Kier molecular flexibility index (Phi) is 4.72. The van der Waals surface area contributed by atoms with Gasteiger partial charge >= 0.3 is 0 Å². The van der Waals surface area contributed by atoms with Gasteiger partial charge in [-0.15, -0.1) is 0 Å². The van der Waals surface area contributed by atoms with Crippen LogP contribution in [-0.2, 0) is 4.74 Å². The highest BCUT2D eigenvalue weighted by Gasteiger charge is 2.07. The number of hydrogen-bond donors (Lipinski definition) is 0. The molecule has 0 saturated heterocycles. The summed E-state index contributed by atoms with van der Waals surface area (Å²) in [6, 6.07) is 1.61. The maximum Gasteiger partial charge on any atom is 0.256 e. The average molecular weight is 271 g/mol. The molecule has 2 rings (SSSR count). The highest BCUT2D eigenvalue weighted by atomic mass is 35.5. The Morgan fingerprint density at radius 3 is 3.06 bits per heavy atom. The van der Waals surface area contributed by atoms with Crippen LogP contribution in [0.4, 0.5) is 0 Å². The number of rotatable bonds is 7. The van der Waals surface area contributed by atoms with Gasteiger partial charge < -0.3 is 9.47 Å². The molecule has 98 valence electrons. The van der Waals surface area contributed by atoms with Gasteiger partial charge in [0, 0.05) is 12.7 Å².